The lowest BCUT2D eigenvalue weighted by atomic mass is 9.95. The van der Waals surface area contributed by atoms with Gasteiger partial charge in [-0.2, -0.15) is 0 Å². The molecule has 7 nitrogen and oxygen atoms in total. The number of allylic oxidation sites excluding steroid dienone is 2. The van der Waals surface area contributed by atoms with Crippen LogP contribution in [0, 0.1) is 5.92 Å². The monoisotopic (exact) mass is 507 g/mol. The number of sulfone groups is 1. The van der Waals surface area contributed by atoms with Crippen molar-refractivity contribution in [2.45, 2.75) is 62.5 Å². The molecule has 0 unspecified atom stereocenters. The van der Waals surface area contributed by atoms with Crippen LogP contribution in [0.5, 0.6) is 5.75 Å². The highest BCUT2D eigenvalue weighted by Gasteiger charge is 2.51. The van der Waals surface area contributed by atoms with E-state index in [9.17, 15) is 13.2 Å². The summed E-state index contributed by atoms with van der Waals surface area (Å²) in [6, 6.07) is 6.35. The summed E-state index contributed by atoms with van der Waals surface area (Å²) in [6.45, 7) is 8.49. The summed E-state index contributed by atoms with van der Waals surface area (Å²) in [5.41, 5.74) is 6.69. The number of primary amides is 1. The molecule has 0 bridgehead atoms. The highest BCUT2D eigenvalue weighted by atomic mass is 32.2. The molecule has 1 amide bonds. The normalized spacial score (nSPS) is 19.7. The number of thioether (sulfide) groups is 1. The van der Waals surface area contributed by atoms with E-state index in [1.54, 1.807) is 23.9 Å². The van der Waals surface area contributed by atoms with Crippen molar-refractivity contribution in [3.05, 3.63) is 36.0 Å². The van der Waals surface area contributed by atoms with Crippen molar-refractivity contribution in [1.29, 1.82) is 0 Å². The number of benzene rings is 1. The first kappa shape index (κ1) is 26.8. The van der Waals surface area contributed by atoms with Crippen molar-refractivity contribution in [3.63, 3.8) is 0 Å². The zero-order valence-electron chi connectivity index (χ0n) is 20.5. The van der Waals surface area contributed by atoms with E-state index in [-0.39, 0.29) is 17.7 Å². The van der Waals surface area contributed by atoms with Gasteiger partial charge in [-0.15, -0.1) is 11.8 Å². The molecule has 1 aromatic rings. The van der Waals surface area contributed by atoms with Crippen molar-refractivity contribution < 1.29 is 17.9 Å². The maximum Gasteiger partial charge on any atom is 0.239 e. The molecule has 1 aliphatic carbocycles. The number of carbonyl (C=O) groups excluding carboxylic acids is 1. The molecule has 0 radical (unpaired) electrons. The highest BCUT2D eigenvalue weighted by molar-refractivity contribution is 8.14. The number of ether oxygens (including phenoxy) is 1. The third-order valence-corrected chi connectivity index (χ3v) is 10.4. The maximum absolute atomic E-state index is 13.4. The Hall–Kier alpha value is -1.84. The molecule has 34 heavy (non-hydrogen) atoms. The first-order chi connectivity index (χ1) is 16.2. The van der Waals surface area contributed by atoms with Gasteiger partial charge in [-0.3, -0.25) is 9.79 Å². The van der Waals surface area contributed by atoms with Gasteiger partial charge in [-0.1, -0.05) is 13.0 Å². The van der Waals surface area contributed by atoms with Crippen LogP contribution in [0.25, 0.3) is 0 Å². The second-order valence-corrected chi connectivity index (χ2v) is 12.3. The number of hydrogen-bond acceptors (Lipinski definition) is 7. The number of hydrogen-bond donors (Lipinski definition) is 1. The van der Waals surface area contributed by atoms with Crippen LogP contribution in [-0.2, 0) is 14.6 Å². The van der Waals surface area contributed by atoms with E-state index in [1.807, 2.05) is 26.8 Å². The minimum absolute atomic E-state index is 0.115. The van der Waals surface area contributed by atoms with Gasteiger partial charge in [0.25, 0.3) is 0 Å². The summed E-state index contributed by atoms with van der Waals surface area (Å²) < 4.78 is 31.1. The maximum atomic E-state index is 13.4. The Kier molecular flexibility index (Phi) is 9.23. The van der Waals surface area contributed by atoms with Crippen LogP contribution in [0.2, 0.25) is 0 Å². The third kappa shape index (κ3) is 6.23. The molecule has 1 saturated carbocycles. The van der Waals surface area contributed by atoms with Crippen LogP contribution >= 0.6 is 11.8 Å². The number of carbonyl (C=O) groups is 1. The van der Waals surface area contributed by atoms with Crippen LogP contribution in [0.4, 0.5) is 0 Å². The Morgan fingerprint density at radius 2 is 1.91 bits per heavy atom. The quantitative estimate of drug-likeness (QED) is 0.276. The summed E-state index contributed by atoms with van der Waals surface area (Å²) >= 11 is 1.80. The molecule has 1 saturated heterocycles. The average molecular weight is 508 g/mol. The molecule has 1 aromatic carbocycles. The molecule has 2 fully saturated rings. The fourth-order valence-corrected chi connectivity index (χ4v) is 7.14. The summed E-state index contributed by atoms with van der Waals surface area (Å²) in [6.07, 6.45) is 5.77. The fraction of sp³-hybridized carbons (Fsp3) is 0.600. The molecule has 188 valence electrons. The molecule has 0 aromatic heterocycles. The second-order valence-electron chi connectivity index (χ2n) is 8.97. The molecule has 3 rings (SSSR count). The number of likely N-dealkylation sites (tertiary alicyclic amines) is 1. The van der Waals surface area contributed by atoms with Gasteiger partial charge in [0.15, 0.2) is 14.6 Å². The zero-order valence-corrected chi connectivity index (χ0v) is 22.1. The van der Waals surface area contributed by atoms with Crippen molar-refractivity contribution in [1.82, 2.24) is 4.90 Å². The SMILES string of the molecule is C/C=C(/C)N=C(SCCCOc1ccc(S(=O)(=O)C2(C(N)=O)CCN(CC)CC2)cc1)C1CC1. The fourth-order valence-electron chi connectivity index (χ4n) is 4.05. The smallest absolute Gasteiger partial charge is 0.239 e. The predicted molar refractivity (Wildman–Crippen MR) is 139 cm³/mol. The Bertz CT molecular complexity index is 1010. The van der Waals surface area contributed by atoms with Gasteiger partial charge >= 0.3 is 0 Å². The molecule has 9 heteroatoms. The van der Waals surface area contributed by atoms with E-state index in [0.717, 1.165) is 24.4 Å². The minimum atomic E-state index is -3.90. The number of aliphatic imine (C=N–C) groups is 1. The molecule has 1 heterocycles. The molecular formula is C25H37N3O4S2. The van der Waals surface area contributed by atoms with Crippen molar-refractivity contribution >= 4 is 32.6 Å². The van der Waals surface area contributed by atoms with Gasteiger partial charge in [-0.25, -0.2) is 8.42 Å². The Labute approximate surface area is 208 Å². The molecule has 0 atom stereocenters. The molecule has 0 spiro atoms. The van der Waals surface area contributed by atoms with E-state index >= 15 is 0 Å². The van der Waals surface area contributed by atoms with Crippen molar-refractivity contribution in [2.75, 3.05) is 32.0 Å². The van der Waals surface area contributed by atoms with E-state index in [2.05, 4.69) is 4.90 Å². The molecular weight excluding hydrogens is 470 g/mol. The minimum Gasteiger partial charge on any atom is -0.494 e. The van der Waals surface area contributed by atoms with E-state index in [1.165, 1.54) is 30.0 Å². The van der Waals surface area contributed by atoms with Crippen LogP contribution in [0.1, 0.15) is 52.9 Å². The molecule has 2 N–H and O–H groups in total. The lowest BCUT2D eigenvalue weighted by molar-refractivity contribution is -0.121. The first-order valence-electron chi connectivity index (χ1n) is 12.1. The average Bonchev–Trinajstić information content (AvgIpc) is 3.68. The summed E-state index contributed by atoms with van der Waals surface area (Å²) in [4.78, 5) is 19.3. The summed E-state index contributed by atoms with van der Waals surface area (Å²) in [5.74, 6) is 1.39. The van der Waals surface area contributed by atoms with Gasteiger partial charge in [-0.05, 0) is 76.8 Å². The van der Waals surface area contributed by atoms with Crippen molar-refractivity contribution in [3.8, 4) is 5.75 Å². The first-order valence-corrected chi connectivity index (χ1v) is 14.5. The number of nitrogens with two attached hydrogens (primary N) is 1. The Morgan fingerprint density at radius 3 is 2.44 bits per heavy atom. The van der Waals surface area contributed by atoms with Gasteiger partial charge < -0.3 is 15.4 Å². The van der Waals surface area contributed by atoms with Crippen LogP contribution in [0.15, 0.2) is 45.9 Å². The largest absolute Gasteiger partial charge is 0.494 e. The van der Waals surface area contributed by atoms with E-state index in [0.29, 0.717) is 31.4 Å². The topological polar surface area (TPSA) is 102 Å². The lowest BCUT2D eigenvalue weighted by Gasteiger charge is -2.38. The lowest BCUT2D eigenvalue weighted by Crippen LogP contribution is -2.56. The Balaban J connectivity index is 1.55. The predicted octanol–water partition coefficient (Wildman–Crippen LogP) is 4.03. The van der Waals surface area contributed by atoms with Gasteiger partial charge in [0.2, 0.25) is 5.91 Å². The van der Waals surface area contributed by atoms with Crippen LogP contribution in [0.3, 0.4) is 0 Å². The van der Waals surface area contributed by atoms with Gasteiger partial charge in [0, 0.05) is 30.5 Å². The zero-order chi connectivity index (χ0) is 24.8. The number of nitrogens with zero attached hydrogens (tertiary/aromatic N) is 2. The van der Waals surface area contributed by atoms with E-state index in [4.69, 9.17) is 15.5 Å². The Morgan fingerprint density at radius 1 is 1.26 bits per heavy atom. The highest BCUT2D eigenvalue weighted by Crippen LogP contribution is 2.37. The van der Waals surface area contributed by atoms with Crippen LogP contribution in [-0.4, -0.2) is 61.0 Å². The van der Waals surface area contributed by atoms with Crippen LogP contribution < -0.4 is 10.5 Å². The van der Waals surface area contributed by atoms with Gasteiger partial charge in [0.05, 0.1) is 16.5 Å². The summed E-state index contributed by atoms with van der Waals surface area (Å²) in [7, 11) is -3.90. The molecule has 2 aliphatic rings. The molecule has 1 aliphatic heterocycles. The van der Waals surface area contributed by atoms with E-state index < -0.39 is 20.5 Å². The number of piperidine rings is 1. The van der Waals surface area contributed by atoms with Gasteiger partial charge in [0.1, 0.15) is 5.75 Å². The number of rotatable bonds is 11. The third-order valence-electron chi connectivity index (χ3n) is 6.65. The van der Waals surface area contributed by atoms with Crippen molar-refractivity contribution in [2.24, 2.45) is 16.6 Å². The summed E-state index contributed by atoms with van der Waals surface area (Å²) in [5, 5.41) is 1.22. The standard InChI is InChI=1S/C25H37N3O4S2/c1-4-19(3)27-23(20-7-8-20)33-18-6-17-32-21-9-11-22(12-10-21)34(30,31)25(24(26)29)13-15-28(5-2)16-14-25/h4,9-12,20H,5-8,13-18H2,1-3H3,(H2,26,29)/b19-4-,27-23?. The number of amides is 1. The second kappa shape index (κ2) is 11.7.